The van der Waals surface area contributed by atoms with Gasteiger partial charge < -0.3 is 20.4 Å². The average molecular weight is 441 g/mol. The Kier molecular flexibility index (Phi) is 8.05. The van der Waals surface area contributed by atoms with Crippen LogP contribution in [0.4, 0.5) is 5.69 Å². The van der Waals surface area contributed by atoms with Crippen LogP contribution < -0.4 is 10.6 Å². The predicted molar refractivity (Wildman–Crippen MR) is 123 cm³/mol. The fourth-order valence-corrected chi connectivity index (χ4v) is 4.17. The molecule has 3 N–H and O–H groups in total. The molecule has 0 spiro atoms. The number of carbonyl (C=O) groups is 3. The van der Waals surface area contributed by atoms with Gasteiger partial charge in [-0.2, -0.15) is 0 Å². The number of hydrogen-bond donors (Lipinski definition) is 3. The molecule has 0 radical (unpaired) electrons. The van der Waals surface area contributed by atoms with Crippen molar-refractivity contribution in [2.45, 2.75) is 45.6 Å². The van der Waals surface area contributed by atoms with Gasteiger partial charge in [0.2, 0.25) is 5.91 Å². The minimum Gasteiger partial charge on any atom is -0.465 e. The highest BCUT2D eigenvalue weighted by molar-refractivity contribution is 6.00. The van der Waals surface area contributed by atoms with E-state index in [-0.39, 0.29) is 17.9 Å². The third kappa shape index (κ3) is 5.76. The number of rotatable bonds is 8. The van der Waals surface area contributed by atoms with Gasteiger partial charge in [-0.3, -0.25) is 14.5 Å². The summed E-state index contributed by atoms with van der Waals surface area (Å²) < 4.78 is 4.90. The van der Waals surface area contributed by atoms with Gasteiger partial charge in [-0.05, 0) is 43.9 Å². The van der Waals surface area contributed by atoms with Crippen LogP contribution in [0.2, 0.25) is 0 Å². The third-order valence-electron chi connectivity index (χ3n) is 5.76. The number of aromatic nitrogens is 1. The van der Waals surface area contributed by atoms with Crippen molar-refractivity contribution in [3.05, 3.63) is 52.8 Å². The fraction of sp³-hybridized carbons (Fsp3) is 0.458. The van der Waals surface area contributed by atoms with E-state index >= 15 is 0 Å². The van der Waals surface area contributed by atoms with Crippen molar-refractivity contribution in [2.24, 2.45) is 0 Å². The van der Waals surface area contributed by atoms with E-state index in [1.165, 1.54) is 7.11 Å². The summed E-state index contributed by atoms with van der Waals surface area (Å²) in [5.74, 6) is -0.671. The van der Waals surface area contributed by atoms with Crippen molar-refractivity contribution in [3.63, 3.8) is 0 Å². The highest BCUT2D eigenvalue weighted by Crippen LogP contribution is 2.22. The molecule has 0 bridgehead atoms. The first kappa shape index (κ1) is 23.5. The number of H-pyrrole nitrogens is 1. The fourth-order valence-electron chi connectivity index (χ4n) is 4.17. The van der Waals surface area contributed by atoms with Crippen LogP contribution in [0.1, 0.15) is 58.3 Å². The molecule has 1 aliphatic heterocycles. The first-order chi connectivity index (χ1) is 15.4. The molecule has 3 rings (SSSR count). The van der Waals surface area contributed by atoms with Crippen LogP contribution in [0.25, 0.3) is 0 Å². The Morgan fingerprint density at radius 1 is 1.16 bits per heavy atom. The van der Waals surface area contributed by atoms with E-state index < -0.39 is 5.97 Å². The SMILES string of the molecule is CCCc1c(C(=O)NC2CCN(CC(=O)Nc3ccccc3)CC2)[nH]c(C)c1C(=O)OC. The molecule has 0 atom stereocenters. The van der Waals surface area contributed by atoms with E-state index in [9.17, 15) is 14.4 Å². The van der Waals surface area contributed by atoms with Crippen LogP contribution in [0.15, 0.2) is 30.3 Å². The van der Waals surface area contributed by atoms with Crippen molar-refractivity contribution in [1.29, 1.82) is 0 Å². The highest BCUT2D eigenvalue weighted by atomic mass is 16.5. The van der Waals surface area contributed by atoms with E-state index in [1.807, 2.05) is 37.3 Å². The Morgan fingerprint density at radius 3 is 2.47 bits per heavy atom. The molecule has 2 amide bonds. The molecule has 1 aromatic carbocycles. The number of benzene rings is 1. The molecule has 8 heteroatoms. The van der Waals surface area contributed by atoms with E-state index in [0.717, 1.165) is 38.0 Å². The van der Waals surface area contributed by atoms with Crippen LogP contribution in [-0.4, -0.2) is 60.5 Å². The van der Waals surface area contributed by atoms with Crippen molar-refractivity contribution in [2.75, 3.05) is 32.1 Å². The third-order valence-corrected chi connectivity index (χ3v) is 5.76. The van der Waals surface area contributed by atoms with Crippen LogP contribution in [0.3, 0.4) is 0 Å². The Bertz CT molecular complexity index is 946. The number of anilines is 1. The average Bonchev–Trinajstić information content (AvgIpc) is 3.11. The van der Waals surface area contributed by atoms with Gasteiger partial charge in [0.1, 0.15) is 5.69 Å². The second kappa shape index (κ2) is 10.9. The maximum atomic E-state index is 13.0. The Hall–Kier alpha value is -3.13. The topological polar surface area (TPSA) is 104 Å². The number of ether oxygens (including phenoxy) is 1. The lowest BCUT2D eigenvalue weighted by molar-refractivity contribution is -0.117. The number of aromatic amines is 1. The molecule has 32 heavy (non-hydrogen) atoms. The number of hydrogen-bond acceptors (Lipinski definition) is 5. The molecule has 8 nitrogen and oxygen atoms in total. The van der Waals surface area contributed by atoms with E-state index in [1.54, 1.807) is 6.92 Å². The number of nitrogens with zero attached hydrogens (tertiary/aromatic N) is 1. The summed E-state index contributed by atoms with van der Waals surface area (Å²) in [5.41, 5.74) is 3.04. The molecule has 2 aromatic rings. The van der Waals surface area contributed by atoms with Crippen molar-refractivity contribution < 1.29 is 19.1 Å². The van der Waals surface area contributed by atoms with Crippen LogP contribution in [-0.2, 0) is 16.0 Å². The number of methoxy groups -OCH3 is 1. The van der Waals surface area contributed by atoms with Gasteiger partial charge in [0, 0.05) is 30.5 Å². The Labute approximate surface area is 188 Å². The van der Waals surface area contributed by atoms with E-state index in [2.05, 4.69) is 20.5 Å². The monoisotopic (exact) mass is 440 g/mol. The lowest BCUT2D eigenvalue weighted by Gasteiger charge is -2.31. The summed E-state index contributed by atoms with van der Waals surface area (Å²) in [7, 11) is 1.35. The van der Waals surface area contributed by atoms with Gasteiger partial charge >= 0.3 is 5.97 Å². The van der Waals surface area contributed by atoms with Crippen molar-refractivity contribution in [3.8, 4) is 0 Å². The summed E-state index contributed by atoms with van der Waals surface area (Å²) in [6, 6.07) is 9.42. The van der Waals surface area contributed by atoms with Gasteiger partial charge in [-0.25, -0.2) is 4.79 Å². The zero-order valence-electron chi connectivity index (χ0n) is 19.0. The number of aryl methyl sites for hydroxylation is 1. The Balaban J connectivity index is 1.54. The van der Waals surface area contributed by atoms with Crippen LogP contribution >= 0.6 is 0 Å². The number of esters is 1. The molecule has 1 fully saturated rings. The normalized spacial score (nSPS) is 14.7. The quantitative estimate of drug-likeness (QED) is 0.548. The van der Waals surface area contributed by atoms with Gasteiger partial charge in [-0.1, -0.05) is 31.5 Å². The molecule has 0 aliphatic carbocycles. The largest absolute Gasteiger partial charge is 0.465 e. The lowest BCUT2D eigenvalue weighted by Crippen LogP contribution is -2.46. The minimum atomic E-state index is -0.427. The molecular weight excluding hydrogens is 408 g/mol. The number of carbonyl (C=O) groups excluding carboxylic acids is 3. The van der Waals surface area contributed by atoms with E-state index in [4.69, 9.17) is 4.74 Å². The number of amides is 2. The molecule has 1 aliphatic rings. The molecule has 1 saturated heterocycles. The van der Waals surface area contributed by atoms with Gasteiger partial charge in [0.15, 0.2) is 0 Å². The van der Waals surface area contributed by atoms with Gasteiger partial charge in [-0.15, -0.1) is 0 Å². The number of likely N-dealkylation sites (tertiary alicyclic amines) is 1. The standard InChI is InChI=1S/C24H32N4O4/c1-4-8-19-21(24(31)32-3)16(2)25-22(19)23(30)27-18-11-13-28(14-12-18)15-20(29)26-17-9-6-5-7-10-17/h5-7,9-10,18,25H,4,8,11-15H2,1-3H3,(H,26,29)(H,27,30). The zero-order chi connectivity index (χ0) is 23.1. The molecular formula is C24H32N4O4. The number of piperidine rings is 1. The molecule has 0 unspecified atom stereocenters. The highest BCUT2D eigenvalue weighted by Gasteiger charge is 2.27. The van der Waals surface area contributed by atoms with E-state index in [0.29, 0.717) is 35.5 Å². The number of nitrogens with one attached hydrogen (secondary N) is 3. The molecule has 2 heterocycles. The smallest absolute Gasteiger partial charge is 0.339 e. The molecule has 1 aromatic heterocycles. The molecule has 172 valence electrons. The van der Waals surface area contributed by atoms with Crippen molar-refractivity contribution in [1.82, 2.24) is 15.2 Å². The summed E-state index contributed by atoms with van der Waals surface area (Å²) >= 11 is 0. The first-order valence-corrected chi connectivity index (χ1v) is 11.1. The first-order valence-electron chi connectivity index (χ1n) is 11.1. The molecule has 0 saturated carbocycles. The Morgan fingerprint density at radius 2 is 1.84 bits per heavy atom. The second-order valence-corrected chi connectivity index (χ2v) is 8.16. The summed E-state index contributed by atoms with van der Waals surface area (Å²) in [6.45, 7) is 5.57. The number of para-hydroxylation sites is 1. The maximum Gasteiger partial charge on any atom is 0.339 e. The van der Waals surface area contributed by atoms with Crippen LogP contribution in [0, 0.1) is 6.92 Å². The summed E-state index contributed by atoms with van der Waals surface area (Å²) in [4.78, 5) is 42.6. The van der Waals surface area contributed by atoms with Crippen molar-refractivity contribution >= 4 is 23.5 Å². The summed E-state index contributed by atoms with van der Waals surface area (Å²) in [6.07, 6.45) is 2.95. The lowest BCUT2D eigenvalue weighted by atomic mass is 10.0. The van der Waals surface area contributed by atoms with Gasteiger partial charge in [0.25, 0.3) is 5.91 Å². The zero-order valence-corrected chi connectivity index (χ0v) is 19.0. The van der Waals surface area contributed by atoms with Gasteiger partial charge in [0.05, 0.1) is 19.2 Å². The predicted octanol–water partition coefficient (Wildman–Crippen LogP) is 2.90. The van der Waals surface area contributed by atoms with Crippen LogP contribution in [0.5, 0.6) is 0 Å². The second-order valence-electron chi connectivity index (χ2n) is 8.16. The minimum absolute atomic E-state index is 0.0237. The maximum absolute atomic E-state index is 13.0. The summed E-state index contributed by atoms with van der Waals surface area (Å²) in [5, 5.41) is 6.00.